The first-order valence-electron chi connectivity index (χ1n) is 6.30. The number of carbonyl (C=O) groups is 1. The maximum Gasteiger partial charge on any atom is 0.250 e. The van der Waals surface area contributed by atoms with Gasteiger partial charge in [0.05, 0.1) is 18.2 Å². The van der Waals surface area contributed by atoms with Crippen molar-refractivity contribution >= 4 is 11.6 Å². The molecule has 0 saturated heterocycles. The third-order valence-corrected chi connectivity index (χ3v) is 2.75. The zero-order valence-corrected chi connectivity index (χ0v) is 11.2. The summed E-state index contributed by atoms with van der Waals surface area (Å²) in [5.41, 5.74) is 1.50. The summed E-state index contributed by atoms with van der Waals surface area (Å²) < 4.78 is 18.5. The van der Waals surface area contributed by atoms with Crippen LogP contribution in [0.25, 0.3) is 0 Å². The van der Waals surface area contributed by atoms with Crippen molar-refractivity contribution < 1.29 is 13.9 Å². The van der Waals surface area contributed by atoms with E-state index in [4.69, 9.17) is 10.00 Å². The first-order valence-corrected chi connectivity index (χ1v) is 6.30. The molecule has 0 aliphatic carbocycles. The molecule has 2 rings (SSSR count). The van der Waals surface area contributed by atoms with Crippen molar-refractivity contribution in [2.75, 3.05) is 11.9 Å². The highest BCUT2D eigenvalue weighted by Crippen LogP contribution is 2.09. The van der Waals surface area contributed by atoms with E-state index in [0.29, 0.717) is 16.8 Å². The first kappa shape index (κ1) is 14.7. The van der Waals surface area contributed by atoms with Gasteiger partial charge in [0.1, 0.15) is 12.4 Å². The van der Waals surface area contributed by atoms with Crippen molar-refractivity contribution in [1.82, 2.24) is 0 Å². The highest BCUT2D eigenvalue weighted by atomic mass is 19.1. The largest absolute Gasteiger partial charge is 0.367 e. The summed E-state index contributed by atoms with van der Waals surface area (Å²) in [6.07, 6.45) is 0. The zero-order valence-electron chi connectivity index (χ0n) is 11.2. The highest BCUT2D eigenvalue weighted by molar-refractivity contribution is 5.91. The summed E-state index contributed by atoms with van der Waals surface area (Å²) in [6, 6.07) is 14.7. The van der Waals surface area contributed by atoms with Crippen molar-refractivity contribution in [1.29, 1.82) is 5.26 Å². The molecule has 0 atom stereocenters. The number of rotatable bonds is 5. The van der Waals surface area contributed by atoms with E-state index in [-0.39, 0.29) is 24.9 Å². The summed E-state index contributed by atoms with van der Waals surface area (Å²) in [5.74, 6) is -0.693. The van der Waals surface area contributed by atoms with Gasteiger partial charge in [-0.05, 0) is 30.3 Å². The van der Waals surface area contributed by atoms with Crippen LogP contribution in [0.5, 0.6) is 0 Å². The molecule has 2 aromatic rings. The number of nitrogens with zero attached hydrogens (tertiary/aromatic N) is 1. The number of amides is 1. The van der Waals surface area contributed by atoms with Crippen LogP contribution in [-0.2, 0) is 16.1 Å². The van der Waals surface area contributed by atoms with Crippen molar-refractivity contribution in [3.63, 3.8) is 0 Å². The van der Waals surface area contributed by atoms with Gasteiger partial charge in [-0.3, -0.25) is 4.79 Å². The van der Waals surface area contributed by atoms with Gasteiger partial charge in [-0.15, -0.1) is 0 Å². The van der Waals surface area contributed by atoms with Gasteiger partial charge in [0, 0.05) is 11.3 Å². The molecule has 0 saturated carbocycles. The Balaban J connectivity index is 1.80. The van der Waals surface area contributed by atoms with Crippen LogP contribution in [0.3, 0.4) is 0 Å². The lowest BCUT2D eigenvalue weighted by Gasteiger charge is -2.07. The van der Waals surface area contributed by atoms with Gasteiger partial charge in [-0.25, -0.2) is 4.39 Å². The van der Waals surface area contributed by atoms with Gasteiger partial charge in [0.2, 0.25) is 5.91 Å². The van der Waals surface area contributed by atoms with Crippen LogP contribution in [-0.4, -0.2) is 12.5 Å². The predicted molar refractivity (Wildman–Crippen MR) is 75.8 cm³/mol. The molecule has 21 heavy (non-hydrogen) atoms. The molecule has 0 heterocycles. The van der Waals surface area contributed by atoms with Crippen molar-refractivity contribution in [3.8, 4) is 6.07 Å². The second-order valence-corrected chi connectivity index (χ2v) is 4.32. The lowest BCUT2D eigenvalue weighted by molar-refractivity contribution is -0.121. The molecule has 106 valence electrons. The number of nitrogens with one attached hydrogen (secondary N) is 1. The number of ether oxygens (including phenoxy) is 1. The fourth-order valence-corrected chi connectivity index (χ4v) is 1.69. The number of nitriles is 1. The first-order chi connectivity index (χ1) is 10.2. The lowest BCUT2D eigenvalue weighted by Crippen LogP contribution is -2.18. The molecule has 1 amide bonds. The third kappa shape index (κ3) is 4.41. The van der Waals surface area contributed by atoms with Gasteiger partial charge >= 0.3 is 0 Å². The maximum atomic E-state index is 13.3. The number of carbonyl (C=O) groups excluding carboxylic acids is 1. The summed E-state index contributed by atoms with van der Waals surface area (Å²) in [4.78, 5) is 11.6. The second kappa shape index (κ2) is 7.17. The molecule has 0 aliphatic rings. The Bertz CT molecular complexity index is 663. The Hall–Kier alpha value is -2.71. The third-order valence-electron chi connectivity index (χ3n) is 2.75. The van der Waals surface area contributed by atoms with E-state index >= 15 is 0 Å². The topological polar surface area (TPSA) is 62.1 Å². The smallest absolute Gasteiger partial charge is 0.250 e. The fourth-order valence-electron chi connectivity index (χ4n) is 1.69. The minimum atomic E-state index is -0.356. The molecule has 1 N–H and O–H groups in total. The van der Waals surface area contributed by atoms with E-state index in [2.05, 4.69) is 5.32 Å². The van der Waals surface area contributed by atoms with Gasteiger partial charge in [-0.1, -0.05) is 18.2 Å². The average molecular weight is 284 g/mol. The van der Waals surface area contributed by atoms with Crippen LogP contribution in [0.4, 0.5) is 10.1 Å². The van der Waals surface area contributed by atoms with E-state index in [9.17, 15) is 9.18 Å². The molecule has 0 radical (unpaired) electrons. The summed E-state index contributed by atoms with van der Waals surface area (Å²) in [5, 5.41) is 11.3. The standard InChI is InChI=1S/C16H13FN2O2/c17-15-4-2-1-3-13(15)10-21-11-16(20)19-14-7-5-12(9-18)6-8-14/h1-8H,10-11H2,(H,19,20). The van der Waals surface area contributed by atoms with Gasteiger partial charge in [0.25, 0.3) is 0 Å². The second-order valence-electron chi connectivity index (χ2n) is 4.32. The molecule has 2 aromatic carbocycles. The Morgan fingerprint density at radius 1 is 1.19 bits per heavy atom. The predicted octanol–water partition coefficient (Wildman–Crippen LogP) is 2.85. The molecular formula is C16H13FN2O2. The molecule has 4 nitrogen and oxygen atoms in total. The molecule has 0 aliphatic heterocycles. The minimum absolute atomic E-state index is 0.0352. The van der Waals surface area contributed by atoms with Crippen LogP contribution >= 0.6 is 0 Å². The van der Waals surface area contributed by atoms with Crippen molar-refractivity contribution in [2.24, 2.45) is 0 Å². The van der Waals surface area contributed by atoms with Crippen molar-refractivity contribution in [2.45, 2.75) is 6.61 Å². The molecule has 5 heteroatoms. The average Bonchev–Trinajstić information content (AvgIpc) is 2.50. The summed E-state index contributed by atoms with van der Waals surface area (Å²) in [6.45, 7) is -0.137. The molecule has 0 fully saturated rings. The normalized spacial score (nSPS) is 9.90. The Morgan fingerprint density at radius 3 is 2.57 bits per heavy atom. The number of hydrogen-bond acceptors (Lipinski definition) is 3. The molecule has 0 spiro atoms. The van der Waals surface area contributed by atoms with Crippen LogP contribution in [0, 0.1) is 17.1 Å². The molecule has 0 bridgehead atoms. The quantitative estimate of drug-likeness (QED) is 0.918. The van der Waals surface area contributed by atoms with Crippen molar-refractivity contribution in [3.05, 3.63) is 65.5 Å². The van der Waals surface area contributed by atoms with E-state index < -0.39 is 0 Å². The number of benzene rings is 2. The van der Waals surface area contributed by atoms with Gasteiger partial charge < -0.3 is 10.1 Å². The van der Waals surface area contributed by atoms with E-state index in [1.54, 1.807) is 42.5 Å². The van der Waals surface area contributed by atoms with Crippen LogP contribution in [0.2, 0.25) is 0 Å². The minimum Gasteiger partial charge on any atom is -0.367 e. The Labute approximate surface area is 121 Å². The monoisotopic (exact) mass is 284 g/mol. The van der Waals surface area contributed by atoms with Crippen LogP contribution < -0.4 is 5.32 Å². The number of hydrogen-bond donors (Lipinski definition) is 1. The van der Waals surface area contributed by atoms with Gasteiger partial charge in [-0.2, -0.15) is 5.26 Å². The van der Waals surface area contributed by atoms with E-state index in [1.807, 2.05) is 6.07 Å². The number of halogens is 1. The SMILES string of the molecule is N#Cc1ccc(NC(=O)COCc2ccccc2F)cc1. The molecule has 0 unspecified atom stereocenters. The summed E-state index contributed by atoms with van der Waals surface area (Å²) in [7, 11) is 0. The Kier molecular flexibility index (Phi) is 5.02. The molecule has 0 aromatic heterocycles. The lowest BCUT2D eigenvalue weighted by atomic mass is 10.2. The highest BCUT2D eigenvalue weighted by Gasteiger charge is 2.05. The van der Waals surface area contributed by atoms with Crippen LogP contribution in [0.15, 0.2) is 48.5 Å². The Morgan fingerprint density at radius 2 is 1.90 bits per heavy atom. The zero-order chi connectivity index (χ0) is 15.1. The number of anilines is 1. The van der Waals surface area contributed by atoms with Gasteiger partial charge in [0.15, 0.2) is 0 Å². The van der Waals surface area contributed by atoms with E-state index in [1.165, 1.54) is 6.07 Å². The molecular weight excluding hydrogens is 271 g/mol. The fraction of sp³-hybridized carbons (Fsp3) is 0.125. The van der Waals surface area contributed by atoms with E-state index in [0.717, 1.165) is 0 Å². The maximum absolute atomic E-state index is 13.3. The van der Waals surface area contributed by atoms with Crippen LogP contribution in [0.1, 0.15) is 11.1 Å². The summed E-state index contributed by atoms with van der Waals surface area (Å²) >= 11 is 0.